The van der Waals surface area contributed by atoms with Gasteiger partial charge in [0.05, 0.1) is 34.7 Å². The van der Waals surface area contributed by atoms with Crippen molar-refractivity contribution in [1.29, 1.82) is 4.78 Å². The van der Waals surface area contributed by atoms with E-state index in [4.69, 9.17) is 4.78 Å². The van der Waals surface area contributed by atoms with Gasteiger partial charge >= 0.3 is 0 Å². The van der Waals surface area contributed by atoms with Crippen molar-refractivity contribution in [1.82, 2.24) is 20.0 Å². The van der Waals surface area contributed by atoms with E-state index < -0.39 is 21.1 Å². The number of nitrogens with zero attached hydrogens (tertiary/aromatic N) is 4. The van der Waals surface area contributed by atoms with Gasteiger partial charge in [-0.15, -0.1) is 0 Å². The minimum absolute atomic E-state index is 0.0686. The predicted octanol–water partition coefficient (Wildman–Crippen LogP) is 2.80. The van der Waals surface area contributed by atoms with Crippen LogP contribution in [-0.4, -0.2) is 79.3 Å². The van der Waals surface area contributed by atoms with Gasteiger partial charge in [0.15, 0.2) is 0 Å². The zero-order chi connectivity index (χ0) is 26.4. The Bertz CT molecular complexity index is 1430. The fraction of sp³-hybridized carbons (Fsp3) is 0.320. The van der Waals surface area contributed by atoms with Gasteiger partial charge in [-0.3, -0.25) is 14.7 Å². The van der Waals surface area contributed by atoms with Crippen molar-refractivity contribution in [2.24, 2.45) is 0 Å². The summed E-state index contributed by atoms with van der Waals surface area (Å²) in [6.07, 6.45) is 3.37. The molecule has 1 unspecified atom stereocenters. The Morgan fingerprint density at radius 3 is 2.43 bits per heavy atom. The fourth-order valence-electron chi connectivity index (χ4n) is 4.75. The molecule has 37 heavy (non-hydrogen) atoms. The van der Waals surface area contributed by atoms with Crippen LogP contribution in [0.5, 0.6) is 0 Å². The third-order valence-electron chi connectivity index (χ3n) is 6.87. The number of aromatic amines is 1. The molecule has 1 aromatic heterocycles. The lowest BCUT2D eigenvalue weighted by Gasteiger charge is -2.43. The maximum atomic E-state index is 13.2. The van der Waals surface area contributed by atoms with Crippen LogP contribution in [0.4, 0.5) is 15.9 Å². The lowest BCUT2D eigenvalue weighted by atomic mass is 9.90. The van der Waals surface area contributed by atoms with Crippen molar-refractivity contribution in [3.63, 3.8) is 0 Å². The first kappa shape index (κ1) is 24.9. The first-order valence-electron chi connectivity index (χ1n) is 11.8. The van der Waals surface area contributed by atoms with Gasteiger partial charge < -0.3 is 19.8 Å². The van der Waals surface area contributed by atoms with Crippen LogP contribution in [0.2, 0.25) is 0 Å². The van der Waals surface area contributed by atoms with Gasteiger partial charge in [0.25, 0.3) is 11.8 Å². The van der Waals surface area contributed by atoms with E-state index in [-0.39, 0.29) is 37.9 Å². The number of hydrogen-bond acceptors (Lipinski definition) is 7. The van der Waals surface area contributed by atoms with Gasteiger partial charge in [0.2, 0.25) is 0 Å². The lowest BCUT2D eigenvalue weighted by molar-refractivity contribution is -0.0367. The predicted molar refractivity (Wildman–Crippen MR) is 135 cm³/mol. The molecule has 10 nitrogen and oxygen atoms in total. The molecule has 0 saturated carbocycles. The second-order valence-corrected chi connectivity index (χ2v) is 11.7. The first-order chi connectivity index (χ1) is 17.5. The highest BCUT2D eigenvalue weighted by Crippen LogP contribution is 2.34. The number of aliphatic hydroxyl groups is 1. The van der Waals surface area contributed by atoms with E-state index in [1.54, 1.807) is 34.1 Å². The Morgan fingerprint density at radius 2 is 1.81 bits per heavy atom. The number of β-amino-alcohol motifs (C(OH)–C–C–N with tert-alkyl or cyclic N) is 1. The van der Waals surface area contributed by atoms with Crippen LogP contribution < -0.4 is 4.90 Å². The minimum atomic E-state index is -2.86. The maximum Gasteiger partial charge on any atom is 0.260 e. The second-order valence-electron chi connectivity index (χ2n) is 9.57. The smallest absolute Gasteiger partial charge is 0.260 e. The number of amides is 2. The third-order valence-corrected chi connectivity index (χ3v) is 8.05. The summed E-state index contributed by atoms with van der Waals surface area (Å²) in [4.78, 5) is 31.4. The van der Waals surface area contributed by atoms with Gasteiger partial charge in [0.1, 0.15) is 17.2 Å². The van der Waals surface area contributed by atoms with Crippen LogP contribution in [-0.2, 0) is 9.73 Å². The van der Waals surface area contributed by atoms with E-state index in [1.807, 2.05) is 4.90 Å². The maximum absolute atomic E-state index is 13.2. The summed E-state index contributed by atoms with van der Waals surface area (Å²) in [5.74, 6) is -0.387. The highest BCUT2D eigenvalue weighted by Gasteiger charge is 2.40. The van der Waals surface area contributed by atoms with Crippen molar-refractivity contribution >= 4 is 33.0 Å². The van der Waals surface area contributed by atoms with Crippen LogP contribution in [0, 0.1) is 10.6 Å². The molecule has 5 rings (SSSR count). The highest BCUT2D eigenvalue weighted by molar-refractivity contribution is 7.91. The Morgan fingerprint density at radius 1 is 1.16 bits per heavy atom. The summed E-state index contributed by atoms with van der Waals surface area (Å²) in [5.41, 5.74) is 0.270. The van der Waals surface area contributed by atoms with E-state index in [1.165, 1.54) is 36.7 Å². The largest absolute Gasteiger partial charge is 0.388 e. The van der Waals surface area contributed by atoms with E-state index >= 15 is 0 Å². The van der Waals surface area contributed by atoms with Crippen molar-refractivity contribution < 1.29 is 23.3 Å². The van der Waals surface area contributed by atoms with Gasteiger partial charge in [-0.2, -0.15) is 5.10 Å². The molecule has 2 aliphatic rings. The van der Waals surface area contributed by atoms with Crippen molar-refractivity contribution in [3.05, 3.63) is 71.7 Å². The molecule has 0 aliphatic carbocycles. The standard InChI is InChI=1S/C25H27FN6O4S/c1-37(27,36)20-8-6-19(7-9-20)32-16-31(24(34)21-14-28-29-22(21)32)15-25(35)10-12-30(13-11-25)23(33)17-2-4-18(26)5-3-17/h2-9,14,27,35H,10-13,15-16H2,1H3,(H,28,29). The Labute approximate surface area is 213 Å². The molecule has 0 radical (unpaired) electrons. The number of halogens is 1. The van der Waals surface area contributed by atoms with E-state index in [2.05, 4.69) is 10.2 Å². The summed E-state index contributed by atoms with van der Waals surface area (Å²) < 4.78 is 33.0. The van der Waals surface area contributed by atoms with Crippen LogP contribution in [0.1, 0.15) is 33.6 Å². The van der Waals surface area contributed by atoms with Crippen LogP contribution in [0.25, 0.3) is 0 Å². The summed E-state index contributed by atoms with van der Waals surface area (Å²) in [5, 5.41) is 18.2. The monoisotopic (exact) mass is 526 g/mol. The number of fused-ring (bicyclic) bond motifs is 1. The quantitative estimate of drug-likeness (QED) is 0.468. The second kappa shape index (κ2) is 9.27. The number of piperidine rings is 1. The Hall–Kier alpha value is -3.77. The van der Waals surface area contributed by atoms with E-state index in [9.17, 15) is 23.3 Å². The summed E-state index contributed by atoms with van der Waals surface area (Å²) in [7, 11) is -2.86. The van der Waals surface area contributed by atoms with Gasteiger partial charge in [-0.1, -0.05) is 0 Å². The number of anilines is 2. The topological polar surface area (TPSA) is 134 Å². The molecule has 2 aromatic carbocycles. The van der Waals surface area contributed by atoms with Crippen molar-refractivity contribution in [3.8, 4) is 0 Å². The molecular weight excluding hydrogens is 499 g/mol. The third kappa shape index (κ3) is 4.94. The molecule has 1 fully saturated rings. The molecule has 2 amide bonds. The number of nitrogens with one attached hydrogen (secondary N) is 2. The summed E-state index contributed by atoms with van der Waals surface area (Å²) >= 11 is 0. The molecule has 0 spiro atoms. The van der Waals surface area contributed by atoms with Crippen LogP contribution in [0.3, 0.4) is 0 Å². The van der Waals surface area contributed by atoms with Crippen molar-refractivity contribution in [2.75, 3.05) is 37.5 Å². The highest BCUT2D eigenvalue weighted by atomic mass is 32.2. The number of benzene rings is 2. The van der Waals surface area contributed by atoms with Gasteiger partial charge in [-0.25, -0.2) is 13.4 Å². The number of rotatable bonds is 5. The molecule has 0 bridgehead atoms. The van der Waals surface area contributed by atoms with Crippen LogP contribution >= 0.6 is 0 Å². The average Bonchev–Trinajstić information content (AvgIpc) is 3.36. The van der Waals surface area contributed by atoms with E-state index in [0.29, 0.717) is 40.6 Å². The zero-order valence-corrected chi connectivity index (χ0v) is 21.0. The molecule has 1 atom stereocenters. The lowest BCUT2D eigenvalue weighted by Crippen LogP contribution is -2.56. The number of carbonyl (C=O) groups excluding carboxylic acids is 2. The Kier molecular flexibility index (Phi) is 6.24. The van der Waals surface area contributed by atoms with Crippen LogP contribution in [0.15, 0.2) is 59.6 Å². The number of likely N-dealkylation sites (tertiary alicyclic amines) is 1. The molecule has 194 valence electrons. The number of aromatic nitrogens is 2. The SMILES string of the molecule is CS(=N)(=O)c1ccc(N2CN(CC3(O)CCN(C(=O)c4ccc(F)cc4)CC3)C(=O)c3cn[nH]c32)cc1. The first-order valence-corrected chi connectivity index (χ1v) is 13.7. The number of hydrogen-bond donors (Lipinski definition) is 3. The molecule has 2 aliphatic heterocycles. The summed E-state index contributed by atoms with van der Waals surface area (Å²) in [6, 6.07) is 12.1. The average molecular weight is 527 g/mol. The van der Waals surface area contributed by atoms with Crippen molar-refractivity contribution in [2.45, 2.75) is 23.3 Å². The Balaban J connectivity index is 1.30. The molecular formula is C25H27FN6O4S. The summed E-state index contributed by atoms with van der Waals surface area (Å²) in [6.45, 7) is 0.829. The van der Waals surface area contributed by atoms with E-state index in [0.717, 1.165) is 0 Å². The number of carbonyl (C=O) groups is 2. The normalized spacial score (nSPS) is 18.9. The molecule has 3 aromatic rings. The molecule has 3 N–H and O–H groups in total. The van der Waals surface area contributed by atoms with Gasteiger partial charge in [0, 0.05) is 35.5 Å². The number of H-pyrrole nitrogens is 1. The molecule has 3 heterocycles. The van der Waals surface area contributed by atoms with Gasteiger partial charge in [-0.05, 0) is 61.4 Å². The fourth-order valence-corrected chi connectivity index (χ4v) is 5.41. The zero-order valence-electron chi connectivity index (χ0n) is 20.2. The minimum Gasteiger partial charge on any atom is -0.388 e. The molecule has 1 saturated heterocycles. The molecule has 12 heteroatoms.